The molecule has 0 bridgehead atoms. The number of hydrogen-bond acceptors (Lipinski definition) is 3. The van der Waals surface area contributed by atoms with Gasteiger partial charge in [-0.05, 0) is 38.5 Å². The lowest BCUT2D eigenvalue weighted by Gasteiger charge is -2.19. The van der Waals surface area contributed by atoms with Crippen molar-refractivity contribution in [1.82, 2.24) is 4.90 Å². The Morgan fingerprint density at radius 2 is 1.79 bits per heavy atom. The molecule has 0 atom stereocenters. The fraction of sp³-hybridized carbons (Fsp3) is 0.417. The van der Waals surface area contributed by atoms with Crippen molar-refractivity contribution in [3.63, 3.8) is 0 Å². The average Bonchev–Trinajstić information content (AvgIpc) is 2.32. The van der Waals surface area contributed by atoms with Crippen LogP contribution in [0.1, 0.15) is 29.8 Å². The molecule has 1 rings (SSSR count). The molecule has 0 unspecified atom stereocenters. The van der Waals surface area contributed by atoms with Gasteiger partial charge in [0.2, 0.25) is 0 Å². The summed E-state index contributed by atoms with van der Waals surface area (Å²) in [7, 11) is 1.41. The third-order valence-corrected chi connectivity index (χ3v) is 4.70. The topological polar surface area (TPSA) is 54.5 Å². The molecule has 0 aliphatic rings. The molecule has 0 radical (unpaired) electrons. The zero-order valence-corrected chi connectivity index (χ0v) is 13.2. The highest BCUT2D eigenvalue weighted by molar-refractivity contribution is 8.13. The van der Waals surface area contributed by atoms with Crippen LogP contribution in [-0.4, -0.2) is 32.3 Å². The molecule has 4 nitrogen and oxygen atoms in total. The molecule has 0 heterocycles. The van der Waals surface area contributed by atoms with Crippen molar-refractivity contribution in [3.8, 4) is 0 Å². The van der Waals surface area contributed by atoms with Crippen LogP contribution in [0.25, 0.3) is 0 Å². The predicted molar refractivity (Wildman–Crippen MR) is 76.5 cm³/mol. The molecule has 0 fully saturated rings. The van der Waals surface area contributed by atoms with Gasteiger partial charge in [0.25, 0.3) is 15.0 Å². The summed E-state index contributed by atoms with van der Waals surface area (Å²) in [6, 6.07) is 2.73. The van der Waals surface area contributed by atoms with Gasteiger partial charge in [0.05, 0.1) is 4.90 Å². The Morgan fingerprint density at radius 3 is 2.21 bits per heavy atom. The van der Waals surface area contributed by atoms with Gasteiger partial charge in [0.1, 0.15) is 0 Å². The van der Waals surface area contributed by atoms with Crippen LogP contribution in [0.15, 0.2) is 17.0 Å². The highest BCUT2D eigenvalue weighted by Crippen LogP contribution is 2.28. The van der Waals surface area contributed by atoms with Crippen molar-refractivity contribution in [2.45, 2.75) is 25.7 Å². The number of carbonyl (C=O) groups is 1. The summed E-state index contributed by atoms with van der Waals surface area (Å²) in [6.45, 7) is 6.30. The second-order valence-electron chi connectivity index (χ2n) is 4.00. The van der Waals surface area contributed by atoms with E-state index in [1.807, 2.05) is 13.8 Å². The highest BCUT2D eigenvalue weighted by atomic mass is 35.7. The molecular formula is C12H15Cl2NO3S. The first-order valence-electron chi connectivity index (χ1n) is 5.76. The molecule has 0 spiro atoms. The van der Waals surface area contributed by atoms with Crippen LogP contribution in [0.4, 0.5) is 0 Å². The van der Waals surface area contributed by atoms with Gasteiger partial charge >= 0.3 is 0 Å². The Morgan fingerprint density at radius 1 is 1.26 bits per heavy atom. The lowest BCUT2D eigenvalue weighted by atomic mass is 10.1. The van der Waals surface area contributed by atoms with Gasteiger partial charge in [-0.3, -0.25) is 4.79 Å². The van der Waals surface area contributed by atoms with E-state index in [0.717, 1.165) is 0 Å². The van der Waals surface area contributed by atoms with Crippen LogP contribution in [-0.2, 0) is 9.05 Å². The van der Waals surface area contributed by atoms with E-state index < -0.39 is 9.05 Å². The van der Waals surface area contributed by atoms with E-state index in [2.05, 4.69) is 0 Å². The van der Waals surface area contributed by atoms with E-state index in [9.17, 15) is 13.2 Å². The molecule has 7 heteroatoms. The van der Waals surface area contributed by atoms with Crippen LogP contribution in [0.3, 0.4) is 0 Å². The zero-order chi connectivity index (χ0) is 14.8. The first kappa shape index (κ1) is 16.3. The summed E-state index contributed by atoms with van der Waals surface area (Å²) in [5, 5.41) is 0.206. The Kier molecular flexibility index (Phi) is 5.24. The first-order valence-corrected chi connectivity index (χ1v) is 8.45. The average molecular weight is 324 g/mol. The van der Waals surface area contributed by atoms with Crippen molar-refractivity contribution < 1.29 is 13.2 Å². The summed E-state index contributed by atoms with van der Waals surface area (Å²) in [6.07, 6.45) is 0. The predicted octanol–water partition coefficient (Wildman–Crippen LogP) is 3.06. The molecule has 1 amide bonds. The summed E-state index contributed by atoms with van der Waals surface area (Å²) in [5.41, 5.74) is 0.561. The standard InChI is InChI=1S/C12H15Cl2NO3S/c1-4-15(5-2)12(16)9-6-10(13)8(3)11(7-9)19(14,17)18/h6-7H,4-5H2,1-3H3. The molecule has 0 saturated heterocycles. The molecule has 106 valence electrons. The quantitative estimate of drug-likeness (QED) is 0.800. The Bertz CT molecular complexity index is 595. The summed E-state index contributed by atoms with van der Waals surface area (Å²) in [5.74, 6) is -0.270. The molecule has 0 aromatic heterocycles. The van der Waals surface area contributed by atoms with Crippen molar-refractivity contribution in [2.24, 2.45) is 0 Å². The minimum atomic E-state index is -3.93. The van der Waals surface area contributed by atoms with Gasteiger partial charge in [-0.25, -0.2) is 8.42 Å². The van der Waals surface area contributed by atoms with Crippen LogP contribution < -0.4 is 0 Å². The van der Waals surface area contributed by atoms with Gasteiger partial charge in [0, 0.05) is 34.4 Å². The summed E-state index contributed by atoms with van der Waals surface area (Å²) < 4.78 is 22.9. The molecule has 19 heavy (non-hydrogen) atoms. The maximum Gasteiger partial charge on any atom is 0.261 e. The minimum absolute atomic E-state index is 0.128. The van der Waals surface area contributed by atoms with E-state index in [4.69, 9.17) is 22.3 Å². The maximum atomic E-state index is 12.2. The van der Waals surface area contributed by atoms with Crippen LogP contribution >= 0.6 is 22.3 Å². The molecule has 0 aliphatic carbocycles. The summed E-state index contributed by atoms with van der Waals surface area (Å²) >= 11 is 5.97. The van der Waals surface area contributed by atoms with Crippen LogP contribution in [0, 0.1) is 6.92 Å². The number of nitrogens with zero attached hydrogens (tertiary/aromatic N) is 1. The molecule has 1 aromatic rings. The number of amides is 1. The minimum Gasteiger partial charge on any atom is -0.339 e. The van der Waals surface area contributed by atoms with Gasteiger partial charge in [-0.1, -0.05) is 11.6 Å². The number of rotatable bonds is 4. The normalized spacial score (nSPS) is 11.4. The van der Waals surface area contributed by atoms with Crippen molar-refractivity contribution in [1.29, 1.82) is 0 Å². The lowest BCUT2D eigenvalue weighted by molar-refractivity contribution is 0.0772. The van der Waals surface area contributed by atoms with Crippen molar-refractivity contribution in [3.05, 3.63) is 28.3 Å². The molecule has 1 aromatic carbocycles. The number of halogens is 2. The van der Waals surface area contributed by atoms with E-state index in [1.165, 1.54) is 12.1 Å². The smallest absolute Gasteiger partial charge is 0.261 e. The number of carbonyl (C=O) groups excluding carboxylic acids is 1. The molecule has 0 N–H and O–H groups in total. The van der Waals surface area contributed by atoms with E-state index in [0.29, 0.717) is 18.7 Å². The Labute approximate surface area is 122 Å². The van der Waals surface area contributed by atoms with Crippen molar-refractivity contribution >= 4 is 37.2 Å². The van der Waals surface area contributed by atoms with E-state index >= 15 is 0 Å². The largest absolute Gasteiger partial charge is 0.339 e. The van der Waals surface area contributed by atoms with Crippen LogP contribution in [0.5, 0.6) is 0 Å². The SMILES string of the molecule is CCN(CC)C(=O)c1cc(Cl)c(C)c(S(=O)(=O)Cl)c1. The first-order chi connectivity index (χ1) is 8.72. The third-order valence-electron chi connectivity index (χ3n) is 2.86. The molecular weight excluding hydrogens is 309 g/mol. The lowest BCUT2D eigenvalue weighted by Crippen LogP contribution is -2.30. The molecule has 0 aliphatic heterocycles. The maximum absolute atomic E-state index is 12.2. The van der Waals surface area contributed by atoms with Gasteiger partial charge in [-0.2, -0.15) is 0 Å². The number of benzene rings is 1. The third kappa shape index (κ3) is 3.61. The fourth-order valence-corrected chi connectivity index (χ4v) is 3.22. The van der Waals surface area contributed by atoms with Gasteiger partial charge < -0.3 is 4.90 Å². The second-order valence-corrected chi connectivity index (χ2v) is 6.94. The summed E-state index contributed by atoms with van der Waals surface area (Å²) in [4.78, 5) is 13.6. The monoisotopic (exact) mass is 323 g/mol. The Balaban J connectivity index is 3.40. The fourth-order valence-electron chi connectivity index (χ4n) is 1.72. The zero-order valence-electron chi connectivity index (χ0n) is 10.9. The molecule has 0 saturated carbocycles. The number of hydrogen-bond donors (Lipinski definition) is 0. The van der Waals surface area contributed by atoms with E-state index in [-0.39, 0.29) is 21.4 Å². The van der Waals surface area contributed by atoms with E-state index in [1.54, 1.807) is 11.8 Å². The van der Waals surface area contributed by atoms with Crippen molar-refractivity contribution in [2.75, 3.05) is 13.1 Å². The van der Waals surface area contributed by atoms with Gasteiger partial charge in [0.15, 0.2) is 0 Å². The van der Waals surface area contributed by atoms with Crippen LogP contribution in [0.2, 0.25) is 5.02 Å². The van der Waals surface area contributed by atoms with Gasteiger partial charge in [-0.15, -0.1) is 0 Å². The highest BCUT2D eigenvalue weighted by Gasteiger charge is 2.21. The Hall–Kier alpha value is -0.780. The second kappa shape index (κ2) is 6.11.